The van der Waals surface area contributed by atoms with Crippen LogP contribution in [0.25, 0.3) is 0 Å². The van der Waals surface area contributed by atoms with Crippen LogP contribution in [0.4, 0.5) is 0 Å². The molecule has 1 saturated carbocycles. The quantitative estimate of drug-likeness (QED) is 0.899. The Bertz CT molecular complexity index is 439. The van der Waals surface area contributed by atoms with E-state index in [-0.39, 0.29) is 0 Å². The second kappa shape index (κ2) is 6.56. The summed E-state index contributed by atoms with van der Waals surface area (Å²) in [5.74, 6) is 0. The Hall–Kier alpha value is -0.420. The van der Waals surface area contributed by atoms with Gasteiger partial charge in [0.1, 0.15) is 0 Å². The molecule has 0 amide bonds. The standard InChI is InChI=1S/C16H27N3S/c1-13-14(10-16(20-13)11-17-15-4-5-15)12-19-7-3-6-18(2)8-9-19/h10,15,17H,3-9,11-12H2,1-2H3. The zero-order chi connectivity index (χ0) is 13.9. The molecule has 2 fully saturated rings. The van der Waals surface area contributed by atoms with Gasteiger partial charge in [-0.1, -0.05) is 0 Å². The maximum atomic E-state index is 3.62. The predicted octanol–water partition coefficient (Wildman–Crippen LogP) is 2.45. The molecule has 112 valence electrons. The summed E-state index contributed by atoms with van der Waals surface area (Å²) in [5, 5.41) is 3.62. The van der Waals surface area contributed by atoms with E-state index in [1.165, 1.54) is 55.2 Å². The monoisotopic (exact) mass is 293 g/mol. The number of hydrogen-bond donors (Lipinski definition) is 1. The summed E-state index contributed by atoms with van der Waals surface area (Å²) in [6, 6.07) is 3.24. The van der Waals surface area contributed by atoms with E-state index in [4.69, 9.17) is 0 Å². The first-order valence-electron chi connectivity index (χ1n) is 7.93. The van der Waals surface area contributed by atoms with Crippen molar-refractivity contribution in [1.29, 1.82) is 0 Å². The Morgan fingerprint density at radius 1 is 1.25 bits per heavy atom. The Morgan fingerprint density at radius 3 is 2.90 bits per heavy atom. The van der Waals surface area contributed by atoms with Gasteiger partial charge in [0.25, 0.3) is 0 Å². The molecular formula is C16H27N3S. The number of aryl methyl sites for hydroxylation is 1. The van der Waals surface area contributed by atoms with Gasteiger partial charge in [-0.3, -0.25) is 4.90 Å². The summed E-state index contributed by atoms with van der Waals surface area (Å²) in [6.07, 6.45) is 4.05. The van der Waals surface area contributed by atoms with Crippen LogP contribution in [0.15, 0.2) is 6.07 Å². The van der Waals surface area contributed by atoms with Crippen molar-refractivity contribution < 1.29 is 0 Å². The summed E-state index contributed by atoms with van der Waals surface area (Å²) < 4.78 is 0. The Labute approximate surface area is 127 Å². The molecule has 1 N–H and O–H groups in total. The van der Waals surface area contributed by atoms with Crippen LogP contribution >= 0.6 is 11.3 Å². The van der Waals surface area contributed by atoms with Crippen molar-refractivity contribution in [1.82, 2.24) is 15.1 Å². The molecule has 1 aliphatic heterocycles. The SMILES string of the molecule is Cc1sc(CNC2CC2)cc1CN1CCCN(C)CC1. The van der Waals surface area contributed by atoms with Crippen LogP contribution < -0.4 is 5.32 Å². The van der Waals surface area contributed by atoms with Gasteiger partial charge in [0.05, 0.1) is 0 Å². The van der Waals surface area contributed by atoms with Gasteiger partial charge in [0.15, 0.2) is 0 Å². The third-order valence-corrected chi connectivity index (χ3v) is 5.51. The third kappa shape index (κ3) is 4.04. The molecule has 0 spiro atoms. The largest absolute Gasteiger partial charge is 0.309 e. The number of likely N-dealkylation sites (N-methyl/N-ethyl adjacent to an activating group) is 1. The fourth-order valence-corrected chi connectivity index (χ4v) is 3.87. The van der Waals surface area contributed by atoms with Crippen LogP contribution in [0.1, 0.15) is 34.6 Å². The summed E-state index contributed by atoms with van der Waals surface area (Å²) in [6.45, 7) is 9.40. The Kier molecular flexibility index (Phi) is 4.76. The van der Waals surface area contributed by atoms with Crippen LogP contribution in [0.2, 0.25) is 0 Å². The molecule has 2 heterocycles. The van der Waals surface area contributed by atoms with Gasteiger partial charge in [0, 0.05) is 42.0 Å². The summed E-state index contributed by atoms with van der Waals surface area (Å²) in [4.78, 5) is 8.09. The highest BCUT2D eigenvalue weighted by Gasteiger charge is 2.20. The van der Waals surface area contributed by atoms with Crippen molar-refractivity contribution in [2.24, 2.45) is 0 Å². The minimum absolute atomic E-state index is 0.807. The van der Waals surface area contributed by atoms with Crippen molar-refractivity contribution in [2.75, 3.05) is 33.2 Å². The lowest BCUT2D eigenvalue weighted by Crippen LogP contribution is -2.28. The normalized spacial score (nSPS) is 22.1. The smallest absolute Gasteiger partial charge is 0.0302 e. The van der Waals surface area contributed by atoms with Crippen LogP contribution in [0.3, 0.4) is 0 Å². The topological polar surface area (TPSA) is 18.5 Å². The van der Waals surface area contributed by atoms with Crippen molar-refractivity contribution in [3.05, 3.63) is 21.4 Å². The number of rotatable bonds is 5. The van der Waals surface area contributed by atoms with Crippen LogP contribution in [-0.2, 0) is 13.1 Å². The van der Waals surface area contributed by atoms with Crippen molar-refractivity contribution in [2.45, 2.75) is 45.3 Å². The molecular weight excluding hydrogens is 266 g/mol. The molecule has 3 rings (SSSR count). The number of thiophene rings is 1. The highest BCUT2D eigenvalue weighted by Crippen LogP contribution is 2.25. The van der Waals surface area contributed by atoms with Gasteiger partial charge >= 0.3 is 0 Å². The van der Waals surface area contributed by atoms with Crippen LogP contribution in [0, 0.1) is 6.92 Å². The van der Waals surface area contributed by atoms with E-state index in [2.05, 4.69) is 35.2 Å². The minimum Gasteiger partial charge on any atom is -0.309 e. The average molecular weight is 293 g/mol. The zero-order valence-electron chi connectivity index (χ0n) is 12.8. The Morgan fingerprint density at radius 2 is 2.10 bits per heavy atom. The number of nitrogens with one attached hydrogen (secondary N) is 1. The Balaban J connectivity index is 1.55. The van der Waals surface area contributed by atoms with Crippen LogP contribution in [-0.4, -0.2) is 49.1 Å². The molecule has 1 aromatic heterocycles. The minimum atomic E-state index is 0.807. The molecule has 4 heteroatoms. The van der Waals surface area contributed by atoms with E-state index in [0.29, 0.717) is 0 Å². The maximum absolute atomic E-state index is 3.62. The first kappa shape index (κ1) is 14.5. The molecule has 0 unspecified atom stereocenters. The van der Waals surface area contributed by atoms with E-state index >= 15 is 0 Å². The van der Waals surface area contributed by atoms with Crippen molar-refractivity contribution >= 4 is 11.3 Å². The molecule has 0 atom stereocenters. The lowest BCUT2D eigenvalue weighted by atomic mass is 10.2. The van der Waals surface area contributed by atoms with Crippen LogP contribution in [0.5, 0.6) is 0 Å². The molecule has 1 aliphatic carbocycles. The molecule has 0 aromatic carbocycles. The van der Waals surface area contributed by atoms with Gasteiger partial charge in [0.2, 0.25) is 0 Å². The lowest BCUT2D eigenvalue weighted by Gasteiger charge is -2.19. The van der Waals surface area contributed by atoms with E-state index in [0.717, 1.165) is 19.1 Å². The van der Waals surface area contributed by atoms with Gasteiger partial charge in [-0.2, -0.15) is 0 Å². The van der Waals surface area contributed by atoms with E-state index in [9.17, 15) is 0 Å². The molecule has 2 aliphatic rings. The second-order valence-electron chi connectivity index (χ2n) is 6.38. The van der Waals surface area contributed by atoms with E-state index in [1.807, 2.05) is 11.3 Å². The zero-order valence-corrected chi connectivity index (χ0v) is 13.6. The predicted molar refractivity (Wildman–Crippen MR) is 86.3 cm³/mol. The first-order valence-corrected chi connectivity index (χ1v) is 8.75. The molecule has 1 saturated heterocycles. The fourth-order valence-electron chi connectivity index (χ4n) is 2.86. The summed E-state index contributed by atoms with van der Waals surface area (Å²) in [5.41, 5.74) is 1.55. The van der Waals surface area contributed by atoms with Crippen molar-refractivity contribution in [3.8, 4) is 0 Å². The maximum Gasteiger partial charge on any atom is 0.0302 e. The number of nitrogens with zero attached hydrogens (tertiary/aromatic N) is 2. The van der Waals surface area contributed by atoms with Gasteiger partial charge in [-0.25, -0.2) is 0 Å². The highest BCUT2D eigenvalue weighted by molar-refractivity contribution is 7.12. The van der Waals surface area contributed by atoms with Gasteiger partial charge in [-0.05, 0) is 58.0 Å². The molecule has 1 aromatic rings. The fraction of sp³-hybridized carbons (Fsp3) is 0.750. The molecule has 0 radical (unpaired) electrons. The van der Waals surface area contributed by atoms with E-state index in [1.54, 1.807) is 5.56 Å². The van der Waals surface area contributed by atoms with Gasteiger partial charge in [-0.15, -0.1) is 11.3 Å². The average Bonchev–Trinajstić information content (AvgIpc) is 3.20. The van der Waals surface area contributed by atoms with Gasteiger partial charge < -0.3 is 10.2 Å². The molecule has 0 bridgehead atoms. The third-order valence-electron chi connectivity index (χ3n) is 4.42. The van der Waals surface area contributed by atoms with E-state index < -0.39 is 0 Å². The number of hydrogen-bond acceptors (Lipinski definition) is 4. The highest BCUT2D eigenvalue weighted by atomic mass is 32.1. The van der Waals surface area contributed by atoms with Crippen molar-refractivity contribution in [3.63, 3.8) is 0 Å². The summed E-state index contributed by atoms with van der Waals surface area (Å²) >= 11 is 1.98. The molecule has 3 nitrogen and oxygen atoms in total. The first-order chi connectivity index (χ1) is 9.70. The molecule has 20 heavy (non-hydrogen) atoms. The second-order valence-corrected chi connectivity index (χ2v) is 7.72. The summed E-state index contributed by atoms with van der Waals surface area (Å²) in [7, 11) is 2.24. The lowest BCUT2D eigenvalue weighted by molar-refractivity contribution is 0.269.